The molecule has 0 radical (unpaired) electrons. The van der Waals surface area contributed by atoms with Crippen LogP contribution < -0.4 is 4.74 Å². The summed E-state index contributed by atoms with van der Waals surface area (Å²) in [5.74, 6) is -0.637. The molecule has 0 saturated carbocycles. The maximum Gasteiger partial charge on any atom is 0.335 e. The fraction of sp³-hybridized carbons (Fsp3) is 0.273. The molecule has 0 aliphatic heterocycles. The van der Waals surface area contributed by atoms with Gasteiger partial charge in [0.2, 0.25) is 0 Å². The number of benzene rings is 1. The second kappa shape index (κ2) is 5.58. The number of thioether (sulfide) groups is 1. The van der Waals surface area contributed by atoms with Crippen molar-refractivity contribution in [3.63, 3.8) is 0 Å². The molecule has 0 spiro atoms. The highest BCUT2D eigenvalue weighted by molar-refractivity contribution is 8.13. The van der Waals surface area contributed by atoms with Crippen molar-refractivity contribution in [2.24, 2.45) is 0 Å². The Kier molecular flexibility index (Phi) is 4.39. The molecule has 1 rings (SSSR count). The van der Waals surface area contributed by atoms with Gasteiger partial charge in [0.05, 0.1) is 12.7 Å². The summed E-state index contributed by atoms with van der Waals surface area (Å²) in [6.45, 7) is 0. The molecule has 6 heteroatoms. The van der Waals surface area contributed by atoms with Gasteiger partial charge in [0.1, 0.15) is 5.75 Å². The van der Waals surface area contributed by atoms with E-state index in [1.807, 2.05) is 0 Å². The van der Waals surface area contributed by atoms with E-state index in [4.69, 9.17) is 9.84 Å². The highest BCUT2D eigenvalue weighted by atomic mass is 32.2. The van der Waals surface area contributed by atoms with Gasteiger partial charge in [0.25, 0.3) is 5.24 Å². The van der Waals surface area contributed by atoms with Crippen LogP contribution in [0.15, 0.2) is 23.1 Å². The lowest BCUT2D eigenvalue weighted by Crippen LogP contribution is -2.16. The van der Waals surface area contributed by atoms with Crippen molar-refractivity contribution in [2.45, 2.75) is 4.90 Å². The number of ether oxygens (including phenoxy) is 1. The van der Waals surface area contributed by atoms with E-state index in [0.29, 0.717) is 10.6 Å². The van der Waals surface area contributed by atoms with Crippen molar-refractivity contribution >= 4 is 23.0 Å². The number of hydrogen-bond donors (Lipinski definition) is 1. The summed E-state index contributed by atoms with van der Waals surface area (Å²) in [6, 6.07) is 4.47. The highest BCUT2D eigenvalue weighted by Gasteiger charge is 2.12. The quantitative estimate of drug-likeness (QED) is 0.838. The fourth-order valence-electron chi connectivity index (χ4n) is 1.06. The third-order valence-electron chi connectivity index (χ3n) is 1.93. The van der Waals surface area contributed by atoms with Gasteiger partial charge >= 0.3 is 5.97 Å². The lowest BCUT2D eigenvalue weighted by atomic mass is 10.2. The molecular formula is C11H13NO4S. The molecule has 0 fully saturated rings. The molecule has 0 heterocycles. The van der Waals surface area contributed by atoms with E-state index < -0.39 is 5.97 Å². The molecule has 17 heavy (non-hydrogen) atoms. The van der Waals surface area contributed by atoms with Crippen molar-refractivity contribution in [3.8, 4) is 5.75 Å². The van der Waals surface area contributed by atoms with Crippen LogP contribution in [0, 0.1) is 0 Å². The van der Waals surface area contributed by atoms with Crippen LogP contribution in [0.1, 0.15) is 10.4 Å². The first-order chi connectivity index (χ1) is 7.93. The molecule has 92 valence electrons. The minimum atomic E-state index is -1.05. The summed E-state index contributed by atoms with van der Waals surface area (Å²) in [5.41, 5.74) is 0.0957. The number of carbonyl (C=O) groups excluding carboxylic acids is 1. The fourth-order valence-corrected chi connectivity index (χ4v) is 1.81. The number of nitrogens with zero attached hydrogens (tertiary/aromatic N) is 1. The zero-order valence-electron chi connectivity index (χ0n) is 9.76. The lowest BCUT2D eigenvalue weighted by Gasteiger charge is -2.10. The molecule has 5 nitrogen and oxygen atoms in total. The van der Waals surface area contributed by atoms with Gasteiger partial charge in [-0.1, -0.05) is 0 Å². The van der Waals surface area contributed by atoms with Gasteiger partial charge in [-0.3, -0.25) is 4.79 Å². The number of carboxylic acids is 1. The average molecular weight is 255 g/mol. The van der Waals surface area contributed by atoms with E-state index in [0.717, 1.165) is 11.8 Å². The molecule has 0 aliphatic carbocycles. The number of carboxylic acid groups (broad SMARTS) is 1. The summed E-state index contributed by atoms with van der Waals surface area (Å²) in [5, 5.41) is 8.74. The predicted octanol–water partition coefficient (Wildman–Crippen LogP) is 2.17. The van der Waals surface area contributed by atoms with Gasteiger partial charge in [-0.05, 0) is 30.0 Å². The van der Waals surface area contributed by atoms with Gasteiger partial charge < -0.3 is 14.7 Å². The number of hydrogen-bond acceptors (Lipinski definition) is 4. The second-order valence-corrected chi connectivity index (χ2v) is 4.49. The average Bonchev–Trinajstić information content (AvgIpc) is 2.28. The first-order valence-corrected chi connectivity index (χ1v) is 5.57. The number of rotatable bonds is 3. The third-order valence-corrected chi connectivity index (χ3v) is 2.94. The van der Waals surface area contributed by atoms with Crippen LogP contribution in [0.5, 0.6) is 5.75 Å². The molecule has 1 aromatic rings. The van der Waals surface area contributed by atoms with Crippen LogP contribution >= 0.6 is 11.8 Å². The molecule has 0 atom stereocenters. The largest absolute Gasteiger partial charge is 0.497 e. The first-order valence-electron chi connectivity index (χ1n) is 4.75. The minimum Gasteiger partial charge on any atom is -0.497 e. The Balaban J connectivity index is 3.03. The zero-order valence-corrected chi connectivity index (χ0v) is 10.6. The van der Waals surface area contributed by atoms with Crippen LogP contribution in [0.25, 0.3) is 0 Å². The zero-order chi connectivity index (χ0) is 13.0. The predicted molar refractivity (Wildman–Crippen MR) is 64.9 cm³/mol. The van der Waals surface area contributed by atoms with Gasteiger partial charge in [0.15, 0.2) is 0 Å². The topological polar surface area (TPSA) is 66.8 Å². The Labute approximate surface area is 103 Å². The normalized spacial score (nSPS) is 9.82. The van der Waals surface area contributed by atoms with Crippen LogP contribution in [0.3, 0.4) is 0 Å². The Morgan fingerprint density at radius 3 is 2.41 bits per heavy atom. The van der Waals surface area contributed by atoms with Crippen molar-refractivity contribution in [1.82, 2.24) is 4.90 Å². The molecule has 0 saturated heterocycles. The van der Waals surface area contributed by atoms with E-state index in [1.54, 1.807) is 20.2 Å². The SMILES string of the molecule is COc1cc(SC(=O)N(C)C)cc(C(=O)O)c1. The van der Waals surface area contributed by atoms with Gasteiger partial charge in [0, 0.05) is 19.0 Å². The number of amides is 1. The Hall–Kier alpha value is -1.69. The van der Waals surface area contributed by atoms with Crippen LogP contribution in [-0.2, 0) is 0 Å². The van der Waals surface area contributed by atoms with Crippen LogP contribution in [0.4, 0.5) is 4.79 Å². The smallest absolute Gasteiger partial charge is 0.335 e. The van der Waals surface area contributed by atoms with Gasteiger partial charge in [-0.2, -0.15) is 0 Å². The van der Waals surface area contributed by atoms with E-state index >= 15 is 0 Å². The summed E-state index contributed by atoms with van der Waals surface area (Å²) in [4.78, 5) is 24.3. The summed E-state index contributed by atoms with van der Waals surface area (Å²) in [7, 11) is 4.71. The number of aromatic carboxylic acids is 1. The lowest BCUT2D eigenvalue weighted by molar-refractivity contribution is 0.0696. The maximum absolute atomic E-state index is 11.5. The molecular weight excluding hydrogens is 242 g/mol. The first kappa shape index (κ1) is 13.4. The Morgan fingerprint density at radius 1 is 1.29 bits per heavy atom. The maximum atomic E-state index is 11.5. The van der Waals surface area contributed by atoms with E-state index in [2.05, 4.69) is 0 Å². The molecule has 1 N–H and O–H groups in total. The second-order valence-electron chi connectivity index (χ2n) is 3.46. The standard InChI is InChI=1S/C11H13NO4S/c1-12(2)11(15)17-9-5-7(10(13)14)4-8(6-9)16-3/h4-6H,1-3H3,(H,13,14). The Bertz CT molecular complexity index is 445. The third kappa shape index (κ3) is 3.67. The minimum absolute atomic E-state index is 0.0957. The Morgan fingerprint density at radius 2 is 1.94 bits per heavy atom. The summed E-state index contributed by atoms with van der Waals surface area (Å²) >= 11 is 0.956. The van der Waals surface area contributed by atoms with Crippen molar-refractivity contribution < 1.29 is 19.4 Å². The van der Waals surface area contributed by atoms with Crippen molar-refractivity contribution in [2.75, 3.05) is 21.2 Å². The monoisotopic (exact) mass is 255 g/mol. The molecule has 1 aromatic carbocycles. The number of carbonyl (C=O) groups is 2. The van der Waals surface area contributed by atoms with Crippen LogP contribution in [0.2, 0.25) is 0 Å². The van der Waals surface area contributed by atoms with Gasteiger partial charge in [-0.25, -0.2) is 4.79 Å². The van der Waals surface area contributed by atoms with E-state index in [-0.39, 0.29) is 10.8 Å². The van der Waals surface area contributed by atoms with Crippen molar-refractivity contribution in [1.29, 1.82) is 0 Å². The summed E-state index contributed by atoms with van der Waals surface area (Å²) < 4.78 is 4.99. The number of methoxy groups -OCH3 is 1. The molecule has 0 bridgehead atoms. The molecule has 1 amide bonds. The molecule has 0 aliphatic rings. The van der Waals surface area contributed by atoms with E-state index in [9.17, 15) is 9.59 Å². The van der Waals surface area contributed by atoms with Gasteiger partial charge in [-0.15, -0.1) is 0 Å². The van der Waals surface area contributed by atoms with E-state index in [1.165, 1.54) is 24.1 Å². The summed E-state index contributed by atoms with van der Waals surface area (Å²) in [6.07, 6.45) is 0. The highest BCUT2D eigenvalue weighted by Crippen LogP contribution is 2.26. The molecule has 0 aromatic heterocycles. The molecule has 0 unspecified atom stereocenters. The van der Waals surface area contributed by atoms with Crippen LogP contribution in [-0.4, -0.2) is 42.4 Å². The van der Waals surface area contributed by atoms with Crippen molar-refractivity contribution in [3.05, 3.63) is 23.8 Å².